The molecule has 4 heteroatoms. The Morgan fingerprint density at radius 1 is 1.33 bits per heavy atom. The average Bonchev–Trinajstić information content (AvgIpc) is 2.84. The Bertz CT molecular complexity index is 353. The first-order chi connectivity index (χ1) is 8.88. The predicted octanol–water partition coefficient (Wildman–Crippen LogP) is 1.32. The van der Waals surface area contributed by atoms with Crippen molar-refractivity contribution < 1.29 is 4.42 Å². The molecule has 1 aromatic rings. The topological polar surface area (TPSA) is 31.7 Å². The van der Waals surface area contributed by atoms with Gasteiger partial charge in [0.25, 0.3) is 0 Å². The summed E-state index contributed by atoms with van der Waals surface area (Å²) in [6, 6.07) is 5.35. The molecule has 0 bridgehead atoms. The number of hydrogen-bond acceptors (Lipinski definition) is 4. The molecule has 1 atom stereocenters. The summed E-state index contributed by atoms with van der Waals surface area (Å²) in [5.74, 6) is 1.12. The van der Waals surface area contributed by atoms with E-state index < -0.39 is 0 Å². The van der Waals surface area contributed by atoms with Crippen molar-refractivity contribution in [2.24, 2.45) is 0 Å². The Labute approximate surface area is 109 Å². The minimum Gasteiger partial charge on any atom is -0.468 e. The second-order valence-corrected chi connectivity index (χ2v) is 5.32. The highest BCUT2D eigenvalue weighted by Gasteiger charge is 2.30. The lowest BCUT2D eigenvalue weighted by Crippen LogP contribution is -2.61. The normalized spacial score (nSPS) is 24.9. The molecule has 0 saturated carbocycles. The van der Waals surface area contributed by atoms with Gasteiger partial charge in [-0.1, -0.05) is 6.92 Å². The van der Waals surface area contributed by atoms with Gasteiger partial charge < -0.3 is 9.73 Å². The summed E-state index contributed by atoms with van der Waals surface area (Å²) in [6.45, 7) is 9.32. The summed E-state index contributed by atoms with van der Waals surface area (Å²) >= 11 is 0. The highest BCUT2D eigenvalue weighted by molar-refractivity contribution is 5.05. The molecular weight excluding hydrogens is 226 g/mol. The molecule has 3 heterocycles. The summed E-state index contributed by atoms with van der Waals surface area (Å²) in [5, 5.41) is 3.36. The Balaban J connectivity index is 1.57. The molecule has 0 radical (unpaired) electrons. The van der Waals surface area contributed by atoms with Gasteiger partial charge in [0.1, 0.15) is 5.76 Å². The van der Waals surface area contributed by atoms with Crippen LogP contribution >= 0.6 is 0 Å². The second kappa shape index (κ2) is 5.43. The molecule has 1 aromatic heterocycles. The molecule has 100 valence electrons. The molecule has 1 unspecified atom stereocenters. The zero-order valence-electron chi connectivity index (χ0n) is 11.1. The predicted molar refractivity (Wildman–Crippen MR) is 71.5 cm³/mol. The lowest BCUT2D eigenvalue weighted by molar-refractivity contribution is 0.0449. The third kappa shape index (κ3) is 2.32. The lowest BCUT2D eigenvalue weighted by atomic mass is 10.1. The fourth-order valence-electron chi connectivity index (χ4n) is 3.07. The standard InChI is InChI=1S/C14H23N3O/c1-2-13(14-4-3-9-18-14)17-7-5-16(6-8-17)12-10-15-11-12/h3-4,9,12-13,15H,2,5-8,10-11H2,1H3. The molecule has 2 fully saturated rings. The van der Waals surface area contributed by atoms with Gasteiger partial charge in [0.2, 0.25) is 0 Å². The molecule has 1 N–H and O–H groups in total. The van der Waals surface area contributed by atoms with Gasteiger partial charge in [-0.05, 0) is 18.6 Å². The minimum absolute atomic E-state index is 0.460. The monoisotopic (exact) mass is 249 g/mol. The molecule has 2 saturated heterocycles. The van der Waals surface area contributed by atoms with E-state index in [0.29, 0.717) is 6.04 Å². The summed E-state index contributed by atoms with van der Waals surface area (Å²) in [7, 11) is 0. The Hall–Kier alpha value is -0.840. The van der Waals surface area contributed by atoms with Crippen LogP contribution in [0.15, 0.2) is 22.8 Å². The molecule has 0 amide bonds. The van der Waals surface area contributed by atoms with Crippen molar-refractivity contribution in [3.63, 3.8) is 0 Å². The van der Waals surface area contributed by atoms with Crippen molar-refractivity contribution in [3.8, 4) is 0 Å². The SMILES string of the molecule is CCC(c1ccco1)N1CCN(C2CNC2)CC1. The molecule has 3 rings (SSSR count). The Morgan fingerprint density at radius 3 is 2.61 bits per heavy atom. The van der Waals surface area contributed by atoms with Crippen molar-refractivity contribution in [1.29, 1.82) is 0 Å². The van der Waals surface area contributed by atoms with Gasteiger partial charge in [-0.15, -0.1) is 0 Å². The van der Waals surface area contributed by atoms with Crippen LogP contribution in [0, 0.1) is 0 Å². The van der Waals surface area contributed by atoms with E-state index in [1.165, 1.54) is 26.2 Å². The van der Waals surface area contributed by atoms with E-state index in [-0.39, 0.29) is 0 Å². The average molecular weight is 249 g/mol. The van der Waals surface area contributed by atoms with Crippen LogP contribution < -0.4 is 5.32 Å². The molecule has 4 nitrogen and oxygen atoms in total. The van der Waals surface area contributed by atoms with Gasteiger partial charge in [-0.25, -0.2) is 0 Å². The first-order valence-electron chi connectivity index (χ1n) is 7.10. The highest BCUT2D eigenvalue weighted by atomic mass is 16.3. The molecule has 0 aliphatic carbocycles. The van der Waals surface area contributed by atoms with Crippen molar-refractivity contribution in [2.75, 3.05) is 39.3 Å². The van der Waals surface area contributed by atoms with Crippen LogP contribution in [0.4, 0.5) is 0 Å². The van der Waals surface area contributed by atoms with Crippen molar-refractivity contribution >= 4 is 0 Å². The number of piperazine rings is 1. The number of hydrogen-bond donors (Lipinski definition) is 1. The number of rotatable bonds is 4. The van der Waals surface area contributed by atoms with E-state index in [0.717, 1.165) is 31.3 Å². The Kier molecular flexibility index (Phi) is 3.68. The van der Waals surface area contributed by atoms with Crippen LogP contribution in [0.2, 0.25) is 0 Å². The quantitative estimate of drug-likeness (QED) is 0.872. The Morgan fingerprint density at radius 2 is 2.11 bits per heavy atom. The van der Waals surface area contributed by atoms with Gasteiger partial charge in [0.05, 0.1) is 12.3 Å². The summed E-state index contributed by atoms with van der Waals surface area (Å²) < 4.78 is 5.58. The van der Waals surface area contributed by atoms with Gasteiger partial charge in [0, 0.05) is 45.3 Å². The maximum absolute atomic E-state index is 5.58. The summed E-state index contributed by atoms with van der Waals surface area (Å²) in [4.78, 5) is 5.20. The largest absolute Gasteiger partial charge is 0.468 e. The molecule has 0 aromatic carbocycles. The van der Waals surface area contributed by atoms with Crippen LogP contribution in [-0.2, 0) is 0 Å². The maximum Gasteiger partial charge on any atom is 0.120 e. The lowest BCUT2D eigenvalue weighted by Gasteiger charge is -2.44. The van der Waals surface area contributed by atoms with E-state index >= 15 is 0 Å². The first-order valence-corrected chi connectivity index (χ1v) is 7.10. The van der Waals surface area contributed by atoms with E-state index in [4.69, 9.17) is 4.42 Å². The molecular formula is C14H23N3O. The number of nitrogens with zero attached hydrogens (tertiary/aromatic N) is 2. The third-order valence-electron chi connectivity index (χ3n) is 4.32. The van der Waals surface area contributed by atoms with E-state index in [1.807, 2.05) is 6.07 Å². The van der Waals surface area contributed by atoms with Gasteiger partial charge >= 0.3 is 0 Å². The van der Waals surface area contributed by atoms with Crippen molar-refractivity contribution in [3.05, 3.63) is 24.2 Å². The second-order valence-electron chi connectivity index (χ2n) is 5.32. The summed E-state index contributed by atoms with van der Waals surface area (Å²) in [5.41, 5.74) is 0. The fourth-order valence-corrected chi connectivity index (χ4v) is 3.07. The molecule has 2 aliphatic rings. The van der Waals surface area contributed by atoms with E-state index in [9.17, 15) is 0 Å². The first kappa shape index (κ1) is 12.2. The van der Waals surface area contributed by atoms with E-state index in [2.05, 4.69) is 28.1 Å². The zero-order valence-corrected chi connectivity index (χ0v) is 11.1. The van der Waals surface area contributed by atoms with Gasteiger partial charge in [-0.2, -0.15) is 0 Å². The van der Waals surface area contributed by atoms with Crippen LogP contribution in [-0.4, -0.2) is 55.1 Å². The van der Waals surface area contributed by atoms with Crippen molar-refractivity contribution in [2.45, 2.75) is 25.4 Å². The van der Waals surface area contributed by atoms with Crippen LogP contribution in [0.5, 0.6) is 0 Å². The van der Waals surface area contributed by atoms with Crippen molar-refractivity contribution in [1.82, 2.24) is 15.1 Å². The molecule has 18 heavy (non-hydrogen) atoms. The van der Waals surface area contributed by atoms with E-state index in [1.54, 1.807) is 6.26 Å². The summed E-state index contributed by atoms with van der Waals surface area (Å²) in [6.07, 6.45) is 2.91. The van der Waals surface area contributed by atoms with Gasteiger partial charge in [0.15, 0.2) is 0 Å². The van der Waals surface area contributed by atoms with Crippen LogP contribution in [0.1, 0.15) is 25.1 Å². The highest BCUT2D eigenvalue weighted by Crippen LogP contribution is 2.26. The van der Waals surface area contributed by atoms with Crippen LogP contribution in [0.25, 0.3) is 0 Å². The fraction of sp³-hybridized carbons (Fsp3) is 0.714. The zero-order chi connectivity index (χ0) is 12.4. The van der Waals surface area contributed by atoms with Crippen LogP contribution in [0.3, 0.4) is 0 Å². The third-order valence-corrected chi connectivity index (χ3v) is 4.32. The minimum atomic E-state index is 0.460. The molecule has 0 spiro atoms. The molecule has 2 aliphatic heterocycles. The number of nitrogens with one attached hydrogen (secondary N) is 1. The smallest absolute Gasteiger partial charge is 0.120 e. The van der Waals surface area contributed by atoms with Gasteiger partial charge in [-0.3, -0.25) is 9.80 Å². The maximum atomic E-state index is 5.58. The number of furan rings is 1.